The summed E-state index contributed by atoms with van der Waals surface area (Å²) in [6, 6.07) is 3.30. The summed E-state index contributed by atoms with van der Waals surface area (Å²) in [5.41, 5.74) is 6.31. The van der Waals surface area contributed by atoms with Gasteiger partial charge in [0.05, 0.1) is 0 Å². The third kappa shape index (κ3) is 2.98. The van der Waals surface area contributed by atoms with Crippen LogP contribution in [-0.4, -0.2) is 18.1 Å². The van der Waals surface area contributed by atoms with Gasteiger partial charge < -0.3 is 16.4 Å². The van der Waals surface area contributed by atoms with Crippen molar-refractivity contribution in [2.45, 2.75) is 6.54 Å². The molecule has 0 aliphatic heterocycles. The molecule has 0 saturated heterocycles. The number of carbonyl (C=O) groups excluding carboxylic acids is 1. The molecular weight excluding hydrogens is 168 g/mol. The summed E-state index contributed by atoms with van der Waals surface area (Å²) in [7, 11) is 1.57. The number of amides is 2. The van der Waals surface area contributed by atoms with Gasteiger partial charge in [0.25, 0.3) is 0 Å². The second-order valence-electron chi connectivity index (χ2n) is 2.52. The van der Waals surface area contributed by atoms with E-state index in [1.807, 2.05) is 6.07 Å². The lowest BCUT2D eigenvalue weighted by Crippen LogP contribution is -2.32. The Morgan fingerprint density at radius 2 is 2.38 bits per heavy atom. The van der Waals surface area contributed by atoms with Crippen molar-refractivity contribution >= 4 is 11.8 Å². The third-order valence-electron chi connectivity index (χ3n) is 1.53. The van der Waals surface area contributed by atoms with Gasteiger partial charge in [-0.15, -0.1) is 0 Å². The Hall–Kier alpha value is -1.78. The Balaban J connectivity index is 2.46. The zero-order valence-corrected chi connectivity index (χ0v) is 7.37. The number of nitrogens with zero attached hydrogens (tertiary/aromatic N) is 1. The molecule has 0 atom stereocenters. The van der Waals surface area contributed by atoms with Gasteiger partial charge in [-0.2, -0.15) is 0 Å². The van der Waals surface area contributed by atoms with Gasteiger partial charge in [-0.1, -0.05) is 6.07 Å². The molecule has 0 aromatic carbocycles. The summed E-state index contributed by atoms with van der Waals surface area (Å²) in [6.45, 7) is 0.451. The highest BCUT2D eigenvalue weighted by molar-refractivity contribution is 5.73. The van der Waals surface area contributed by atoms with Crippen LogP contribution in [0.3, 0.4) is 0 Å². The van der Waals surface area contributed by atoms with Gasteiger partial charge in [0.15, 0.2) is 0 Å². The van der Waals surface area contributed by atoms with Crippen LogP contribution in [0, 0.1) is 0 Å². The fraction of sp³-hybridized carbons (Fsp3) is 0.250. The van der Waals surface area contributed by atoms with E-state index in [0.29, 0.717) is 12.4 Å². The number of rotatable bonds is 2. The molecule has 70 valence electrons. The van der Waals surface area contributed by atoms with Crippen LogP contribution >= 0.6 is 0 Å². The summed E-state index contributed by atoms with van der Waals surface area (Å²) < 4.78 is 0. The molecular formula is C8H12N4O. The van der Waals surface area contributed by atoms with Crippen molar-refractivity contribution in [2.24, 2.45) is 0 Å². The van der Waals surface area contributed by atoms with Crippen molar-refractivity contribution in [2.75, 3.05) is 12.8 Å². The number of urea groups is 1. The first kappa shape index (κ1) is 9.31. The monoisotopic (exact) mass is 180 g/mol. The van der Waals surface area contributed by atoms with Gasteiger partial charge in [0.2, 0.25) is 0 Å². The average Bonchev–Trinajstić information content (AvgIpc) is 2.16. The van der Waals surface area contributed by atoms with Gasteiger partial charge in [0, 0.05) is 19.8 Å². The number of nitrogens with two attached hydrogens (primary N) is 1. The van der Waals surface area contributed by atoms with Crippen LogP contribution in [-0.2, 0) is 6.54 Å². The first-order chi connectivity index (χ1) is 6.22. The van der Waals surface area contributed by atoms with Crippen LogP contribution in [0.25, 0.3) is 0 Å². The Kier molecular flexibility index (Phi) is 3.08. The molecule has 0 radical (unpaired) electrons. The number of hydrogen-bond donors (Lipinski definition) is 3. The summed E-state index contributed by atoms with van der Waals surface area (Å²) in [6.07, 6.45) is 1.63. The van der Waals surface area contributed by atoms with Crippen molar-refractivity contribution in [3.05, 3.63) is 23.9 Å². The third-order valence-corrected chi connectivity index (χ3v) is 1.53. The molecule has 0 bridgehead atoms. The van der Waals surface area contributed by atoms with Crippen LogP contribution in [0.5, 0.6) is 0 Å². The molecule has 0 aliphatic rings. The lowest BCUT2D eigenvalue weighted by atomic mass is 10.3. The van der Waals surface area contributed by atoms with Crippen molar-refractivity contribution in [1.29, 1.82) is 0 Å². The Morgan fingerprint density at radius 3 is 2.92 bits per heavy atom. The fourth-order valence-electron chi connectivity index (χ4n) is 0.811. The van der Waals surface area contributed by atoms with Gasteiger partial charge in [-0.25, -0.2) is 9.78 Å². The van der Waals surface area contributed by atoms with Crippen LogP contribution in [0.2, 0.25) is 0 Å². The molecule has 0 aliphatic carbocycles. The lowest BCUT2D eigenvalue weighted by Gasteiger charge is -2.03. The predicted molar refractivity (Wildman–Crippen MR) is 49.9 cm³/mol. The minimum Gasteiger partial charge on any atom is -0.384 e. The van der Waals surface area contributed by atoms with Crippen LogP contribution < -0.4 is 16.4 Å². The second-order valence-corrected chi connectivity index (χ2v) is 2.52. The molecule has 1 aromatic rings. The zero-order chi connectivity index (χ0) is 9.68. The minimum atomic E-state index is -0.211. The largest absolute Gasteiger partial charge is 0.384 e. The number of nitrogen functional groups attached to an aromatic ring is 1. The molecule has 1 rings (SSSR count). The summed E-state index contributed by atoms with van der Waals surface area (Å²) in [5, 5.41) is 5.09. The summed E-state index contributed by atoms with van der Waals surface area (Å²) in [5.74, 6) is 0.476. The lowest BCUT2D eigenvalue weighted by molar-refractivity contribution is 0.242. The molecule has 0 fully saturated rings. The molecule has 5 nitrogen and oxygen atoms in total. The molecule has 0 saturated carbocycles. The summed E-state index contributed by atoms with van der Waals surface area (Å²) >= 11 is 0. The minimum absolute atomic E-state index is 0.211. The van der Waals surface area contributed by atoms with E-state index in [4.69, 9.17) is 5.73 Å². The number of pyridine rings is 1. The van der Waals surface area contributed by atoms with Gasteiger partial charge in [0.1, 0.15) is 5.82 Å². The molecule has 0 spiro atoms. The van der Waals surface area contributed by atoms with Gasteiger partial charge in [-0.3, -0.25) is 0 Å². The van der Waals surface area contributed by atoms with Crippen LogP contribution in [0.1, 0.15) is 5.56 Å². The van der Waals surface area contributed by atoms with E-state index >= 15 is 0 Å². The number of carbonyl (C=O) groups is 1. The smallest absolute Gasteiger partial charge is 0.314 e. The van der Waals surface area contributed by atoms with E-state index in [-0.39, 0.29) is 6.03 Å². The normalized spacial score (nSPS) is 9.31. The maximum atomic E-state index is 10.8. The number of nitrogens with one attached hydrogen (secondary N) is 2. The van der Waals surface area contributed by atoms with Crippen molar-refractivity contribution < 1.29 is 4.79 Å². The Bertz CT molecular complexity index is 283. The highest BCUT2D eigenvalue weighted by atomic mass is 16.2. The number of aromatic nitrogens is 1. The van der Waals surface area contributed by atoms with Gasteiger partial charge in [-0.05, 0) is 11.6 Å². The van der Waals surface area contributed by atoms with Crippen LogP contribution in [0.4, 0.5) is 10.6 Å². The average molecular weight is 180 g/mol. The van der Waals surface area contributed by atoms with Crippen molar-refractivity contribution in [1.82, 2.24) is 15.6 Å². The topological polar surface area (TPSA) is 80.0 Å². The maximum Gasteiger partial charge on any atom is 0.314 e. The first-order valence-corrected chi connectivity index (χ1v) is 3.88. The Morgan fingerprint density at radius 1 is 1.62 bits per heavy atom. The van der Waals surface area contributed by atoms with E-state index in [1.165, 1.54) is 0 Å². The van der Waals surface area contributed by atoms with E-state index in [0.717, 1.165) is 5.56 Å². The van der Waals surface area contributed by atoms with E-state index < -0.39 is 0 Å². The molecule has 0 unspecified atom stereocenters. The SMILES string of the molecule is CNC(=O)NCc1ccc(N)nc1. The highest BCUT2D eigenvalue weighted by Gasteiger charge is 1.96. The van der Waals surface area contributed by atoms with E-state index in [1.54, 1.807) is 19.3 Å². The molecule has 4 N–H and O–H groups in total. The second kappa shape index (κ2) is 4.30. The molecule has 5 heteroatoms. The standard InChI is InChI=1S/C8H12N4O/c1-10-8(13)12-5-6-2-3-7(9)11-4-6/h2-4H,5H2,1H3,(H2,9,11)(H2,10,12,13). The van der Waals surface area contributed by atoms with E-state index in [9.17, 15) is 4.79 Å². The molecule has 1 aromatic heterocycles. The predicted octanol–water partition coefficient (Wildman–Crippen LogP) is 0.0928. The zero-order valence-electron chi connectivity index (χ0n) is 7.37. The number of anilines is 1. The quantitative estimate of drug-likeness (QED) is 0.603. The molecule has 1 heterocycles. The van der Waals surface area contributed by atoms with Gasteiger partial charge >= 0.3 is 6.03 Å². The van der Waals surface area contributed by atoms with E-state index in [2.05, 4.69) is 15.6 Å². The van der Waals surface area contributed by atoms with Crippen LogP contribution in [0.15, 0.2) is 18.3 Å². The Labute approximate surface area is 76.3 Å². The van der Waals surface area contributed by atoms with Crippen molar-refractivity contribution in [3.8, 4) is 0 Å². The number of hydrogen-bond acceptors (Lipinski definition) is 3. The van der Waals surface area contributed by atoms with Crippen molar-refractivity contribution in [3.63, 3.8) is 0 Å². The molecule has 2 amide bonds. The fourth-order valence-corrected chi connectivity index (χ4v) is 0.811. The summed E-state index contributed by atoms with van der Waals surface area (Å²) in [4.78, 5) is 14.7. The molecule has 13 heavy (non-hydrogen) atoms. The maximum absolute atomic E-state index is 10.8. The highest BCUT2D eigenvalue weighted by Crippen LogP contribution is 1.99. The first-order valence-electron chi connectivity index (χ1n) is 3.88.